The fourth-order valence-electron chi connectivity index (χ4n) is 3.43. The summed E-state index contributed by atoms with van der Waals surface area (Å²) in [5, 5.41) is 7.44. The topological polar surface area (TPSA) is 77.2 Å². The molecular weight excluding hydrogens is 419 g/mol. The molecule has 1 amide bonds. The molecule has 6 nitrogen and oxygen atoms in total. The number of aryl methyl sites for hydroxylation is 2. The molecule has 30 heavy (non-hydrogen) atoms. The molecular formula is C20H24F3N3O3S. The van der Waals surface area contributed by atoms with Gasteiger partial charge >= 0.3 is 6.18 Å². The van der Waals surface area contributed by atoms with Crippen molar-refractivity contribution in [2.45, 2.75) is 68.6 Å². The highest BCUT2D eigenvalue weighted by Crippen LogP contribution is 2.28. The van der Waals surface area contributed by atoms with Gasteiger partial charge < -0.3 is 14.6 Å². The average molecular weight is 443 g/mol. The number of ether oxygens (including phenoxy) is 1. The molecule has 2 atom stereocenters. The molecule has 1 fully saturated rings. The quantitative estimate of drug-likeness (QED) is 0.631. The number of nitrogens with one attached hydrogen (secondary N) is 1. The Morgan fingerprint density at radius 3 is 2.87 bits per heavy atom. The number of thioether (sulfide) groups is 1. The third kappa shape index (κ3) is 6.21. The van der Waals surface area contributed by atoms with E-state index in [0.29, 0.717) is 42.0 Å². The van der Waals surface area contributed by atoms with Gasteiger partial charge in [0, 0.05) is 23.6 Å². The van der Waals surface area contributed by atoms with Crippen molar-refractivity contribution in [3.63, 3.8) is 0 Å². The number of halogens is 3. The monoisotopic (exact) mass is 443 g/mol. The molecule has 1 saturated carbocycles. The van der Waals surface area contributed by atoms with Crippen LogP contribution in [0.15, 0.2) is 27.9 Å². The van der Waals surface area contributed by atoms with Gasteiger partial charge in [0.1, 0.15) is 17.4 Å². The van der Waals surface area contributed by atoms with E-state index in [9.17, 15) is 18.0 Å². The van der Waals surface area contributed by atoms with Gasteiger partial charge in [0.15, 0.2) is 0 Å². The van der Waals surface area contributed by atoms with E-state index in [2.05, 4.69) is 15.5 Å². The highest BCUT2D eigenvalue weighted by molar-refractivity contribution is 7.98. The van der Waals surface area contributed by atoms with E-state index >= 15 is 0 Å². The van der Waals surface area contributed by atoms with Gasteiger partial charge in [0.25, 0.3) is 5.91 Å². The van der Waals surface area contributed by atoms with Gasteiger partial charge in [-0.05, 0) is 51.7 Å². The Balaban J connectivity index is 1.60. The number of aromatic nitrogens is 2. The van der Waals surface area contributed by atoms with Gasteiger partial charge in [-0.2, -0.15) is 13.2 Å². The van der Waals surface area contributed by atoms with Crippen LogP contribution < -0.4 is 5.32 Å². The molecule has 10 heteroatoms. The van der Waals surface area contributed by atoms with Crippen LogP contribution in [0.25, 0.3) is 0 Å². The normalized spacial score (nSPS) is 19.6. The molecule has 0 radical (unpaired) electrons. The number of rotatable bonds is 7. The summed E-state index contributed by atoms with van der Waals surface area (Å²) >= 11 is 1.41. The van der Waals surface area contributed by atoms with Gasteiger partial charge in [0.2, 0.25) is 0 Å². The zero-order valence-corrected chi connectivity index (χ0v) is 17.6. The summed E-state index contributed by atoms with van der Waals surface area (Å²) in [5.74, 6) is 1.01. The van der Waals surface area contributed by atoms with E-state index in [4.69, 9.17) is 9.26 Å². The van der Waals surface area contributed by atoms with Crippen molar-refractivity contribution >= 4 is 17.7 Å². The van der Waals surface area contributed by atoms with E-state index in [1.807, 2.05) is 13.8 Å². The largest absolute Gasteiger partial charge is 0.411 e. The highest BCUT2D eigenvalue weighted by Gasteiger charge is 2.31. The average Bonchev–Trinajstić information content (AvgIpc) is 3.02. The fourth-order valence-corrected chi connectivity index (χ4v) is 4.57. The minimum absolute atomic E-state index is 0.231. The molecule has 0 aliphatic heterocycles. The molecule has 0 bridgehead atoms. The van der Waals surface area contributed by atoms with Crippen molar-refractivity contribution in [2.24, 2.45) is 0 Å². The Labute approximate surface area is 176 Å². The first-order valence-corrected chi connectivity index (χ1v) is 10.7. The lowest BCUT2D eigenvalue weighted by Crippen LogP contribution is -2.41. The summed E-state index contributed by atoms with van der Waals surface area (Å²) in [6.45, 7) is 2.44. The third-order valence-electron chi connectivity index (χ3n) is 4.99. The predicted molar refractivity (Wildman–Crippen MR) is 105 cm³/mol. The maximum Gasteiger partial charge on any atom is 0.411 e. The molecule has 2 aromatic rings. The molecule has 1 aliphatic carbocycles. The molecule has 0 saturated heterocycles. The van der Waals surface area contributed by atoms with Crippen molar-refractivity contribution in [2.75, 3.05) is 6.61 Å². The molecule has 1 aliphatic rings. The van der Waals surface area contributed by atoms with Crippen LogP contribution in [-0.2, 0) is 10.5 Å². The SMILES string of the molecule is Cc1noc(C)c1CSc1ncccc1C(=O)N[C@H]1CCC[C@@H](OCC(F)(F)F)C1. The maximum absolute atomic E-state index is 12.8. The molecule has 1 N–H and O–H groups in total. The Kier molecular flexibility index (Phi) is 7.41. The van der Waals surface area contributed by atoms with E-state index in [1.165, 1.54) is 11.8 Å². The minimum atomic E-state index is -4.35. The number of hydrogen-bond donors (Lipinski definition) is 1. The van der Waals surface area contributed by atoms with E-state index < -0.39 is 18.9 Å². The number of amides is 1. The summed E-state index contributed by atoms with van der Waals surface area (Å²) in [5.41, 5.74) is 2.20. The predicted octanol–water partition coefficient (Wildman–Crippen LogP) is 4.60. The lowest BCUT2D eigenvalue weighted by atomic mass is 9.92. The standard InChI is InChI=1S/C20H24F3N3O3S/c1-12-17(13(2)29-26-12)10-30-19-16(7-4-8-24-19)18(27)25-14-5-3-6-15(9-14)28-11-20(21,22)23/h4,7-8,14-15H,3,5-6,9-11H2,1-2H3,(H,25,27)/t14-,15+/m0/s1. The smallest absolute Gasteiger partial charge is 0.369 e. The van der Waals surface area contributed by atoms with Gasteiger partial charge in [-0.25, -0.2) is 4.98 Å². The Morgan fingerprint density at radius 2 is 2.17 bits per heavy atom. The lowest BCUT2D eigenvalue weighted by molar-refractivity contribution is -0.188. The second-order valence-corrected chi connectivity index (χ2v) is 8.30. The van der Waals surface area contributed by atoms with Gasteiger partial charge in [-0.1, -0.05) is 5.16 Å². The lowest BCUT2D eigenvalue weighted by Gasteiger charge is -2.30. The summed E-state index contributed by atoms with van der Waals surface area (Å²) in [7, 11) is 0. The summed E-state index contributed by atoms with van der Waals surface area (Å²) in [4.78, 5) is 17.2. The van der Waals surface area contributed by atoms with E-state index in [0.717, 1.165) is 17.0 Å². The van der Waals surface area contributed by atoms with Crippen molar-refractivity contribution in [1.82, 2.24) is 15.5 Å². The first-order valence-electron chi connectivity index (χ1n) is 9.71. The van der Waals surface area contributed by atoms with Crippen molar-refractivity contribution in [1.29, 1.82) is 0 Å². The van der Waals surface area contributed by atoms with Crippen LogP contribution in [0.1, 0.15) is 53.1 Å². The van der Waals surface area contributed by atoms with Crippen molar-refractivity contribution in [3.05, 3.63) is 40.9 Å². The van der Waals surface area contributed by atoms with Crippen molar-refractivity contribution in [3.8, 4) is 0 Å². The summed E-state index contributed by atoms with van der Waals surface area (Å²) in [6.07, 6.45) is -0.897. The third-order valence-corrected chi connectivity index (χ3v) is 6.03. The van der Waals surface area contributed by atoms with Gasteiger partial charge in [-0.15, -0.1) is 11.8 Å². The minimum Gasteiger partial charge on any atom is -0.369 e. The van der Waals surface area contributed by atoms with E-state index in [1.54, 1.807) is 18.3 Å². The van der Waals surface area contributed by atoms with Crippen LogP contribution in [0.5, 0.6) is 0 Å². The Hall–Kier alpha value is -2.07. The molecule has 164 valence electrons. The summed E-state index contributed by atoms with van der Waals surface area (Å²) < 4.78 is 47.3. The number of hydrogen-bond acceptors (Lipinski definition) is 6. The number of carbonyl (C=O) groups excluding carboxylic acids is 1. The van der Waals surface area contributed by atoms with Crippen LogP contribution in [0.2, 0.25) is 0 Å². The second-order valence-electron chi connectivity index (χ2n) is 7.33. The number of pyridine rings is 1. The maximum atomic E-state index is 12.8. The van der Waals surface area contributed by atoms with Crippen LogP contribution in [0, 0.1) is 13.8 Å². The number of nitrogens with zero attached hydrogens (tertiary/aromatic N) is 2. The molecule has 0 spiro atoms. The van der Waals surface area contributed by atoms with E-state index in [-0.39, 0.29) is 11.9 Å². The molecule has 2 heterocycles. The molecule has 2 aromatic heterocycles. The zero-order chi connectivity index (χ0) is 21.7. The highest BCUT2D eigenvalue weighted by atomic mass is 32.2. The first-order chi connectivity index (χ1) is 14.2. The first kappa shape index (κ1) is 22.6. The number of alkyl halides is 3. The van der Waals surface area contributed by atoms with Crippen LogP contribution >= 0.6 is 11.8 Å². The summed E-state index contributed by atoms with van der Waals surface area (Å²) in [6, 6.07) is 3.15. The Morgan fingerprint density at radius 1 is 1.37 bits per heavy atom. The Bertz CT molecular complexity index is 853. The van der Waals surface area contributed by atoms with Crippen LogP contribution in [-0.4, -0.2) is 41.0 Å². The molecule has 3 rings (SSSR count). The van der Waals surface area contributed by atoms with Gasteiger partial charge in [-0.3, -0.25) is 4.79 Å². The number of carbonyl (C=O) groups is 1. The second kappa shape index (κ2) is 9.82. The van der Waals surface area contributed by atoms with Gasteiger partial charge in [0.05, 0.1) is 17.4 Å². The zero-order valence-electron chi connectivity index (χ0n) is 16.8. The van der Waals surface area contributed by atoms with Crippen LogP contribution in [0.4, 0.5) is 13.2 Å². The molecule has 0 unspecified atom stereocenters. The molecule has 0 aromatic carbocycles. The van der Waals surface area contributed by atoms with Crippen molar-refractivity contribution < 1.29 is 27.2 Å². The van der Waals surface area contributed by atoms with Crippen LogP contribution in [0.3, 0.4) is 0 Å². The fraction of sp³-hybridized carbons (Fsp3) is 0.550.